The Bertz CT molecular complexity index is 680. The summed E-state index contributed by atoms with van der Waals surface area (Å²) in [6, 6.07) is 30.4. The number of halogens is 1. The second-order valence-electron chi connectivity index (χ2n) is 5.37. The van der Waals surface area contributed by atoms with E-state index in [1.54, 1.807) is 0 Å². The quantitative estimate of drug-likeness (QED) is 0.572. The van der Waals surface area contributed by atoms with E-state index in [0.717, 1.165) is 13.1 Å². The third-order valence-electron chi connectivity index (χ3n) is 3.96. The van der Waals surface area contributed by atoms with Crippen LogP contribution in [0.5, 0.6) is 0 Å². The minimum Gasteiger partial charge on any atom is -1.00 e. The van der Waals surface area contributed by atoms with Crippen LogP contribution in [-0.2, 0) is 4.79 Å². The van der Waals surface area contributed by atoms with Gasteiger partial charge in [0, 0.05) is 0 Å². The van der Waals surface area contributed by atoms with Gasteiger partial charge in [0.1, 0.15) is 0 Å². The number of aliphatic carboxylic acids is 1. The number of hydrogen-bond donors (Lipinski definition) is 1. The van der Waals surface area contributed by atoms with E-state index in [1.807, 2.05) is 54.6 Å². The SMILES string of the molecule is O=C(O)C[As+](c1ccccc1)(c1ccccc1)c1ccccc1.[Cl-]. The van der Waals surface area contributed by atoms with Crippen molar-refractivity contribution in [3.63, 3.8) is 0 Å². The van der Waals surface area contributed by atoms with Crippen molar-refractivity contribution in [1.82, 2.24) is 0 Å². The van der Waals surface area contributed by atoms with E-state index >= 15 is 0 Å². The summed E-state index contributed by atoms with van der Waals surface area (Å²) in [7, 11) is 0. The largest absolute Gasteiger partial charge is 1.00 e. The molecule has 0 spiro atoms. The number of carbonyl (C=O) groups is 1. The van der Waals surface area contributed by atoms with Crippen LogP contribution in [0.1, 0.15) is 0 Å². The third-order valence-corrected chi connectivity index (χ3v) is 13.0. The van der Waals surface area contributed by atoms with Gasteiger partial charge in [-0.05, 0) is 0 Å². The van der Waals surface area contributed by atoms with E-state index in [0.29, 0.717) is 0 Å². The second-order valence-corrected chi connectivity index (χ2v) is 12.7. The monoisotopic (exact) mass is 400 g/mol. The standard InChI is InChI=1S/C20H17AsO2.ClH/c22-20(23)16-21(17-10-4-1-5-11-17,18-12-6-2-7-13-18)19-14-8-3-9-15-19;/h1-15H,16H2;1H. The van der Waals surface area contributed by atoms with Gasteiger partial charge in [0.15, 0.2) is 0 Å². The van der Waals surface area contributed by atoms with Crippen molar-refractivity contribution in [3.05, 3.63) is 91.0 Å². The zero-order valence-electron chi connectivity index (χ0n) is 13.0. The van der Waals surface area contributed by atoms with Gasteiger partial charge < -0.3 is 12.4 Å². The molecule has 0 aliphatic heterocycles. The van der Waals surface area contributed by atoms with Crippen molar-refractivity contribution in [2.75, 3.05) is 0 Å². The summed E-state index contributed by atoms with van der Waals surface area (Å²) in [5.41, 5.74) is 0. The van der Waals surface area contributed by atoms with Crippen molar-refractivity contribution in [1.29, 1.82) is 0 Å². The second kappa shape index (κ2) is 8.19. The van der Waals surface area contributed by atoms with Gasteiger partial charge >= 0.3 is 139 Å². The molecule has 0 saturated carbocycles. The fraction of sp³-hybridized carbons (Fsp3) is 0.0500. The molecule has 24 heavy (non-hydrogen) atoms. The van der Waals surface area contributed by atoms with E-state index in [4.69, 9.17) is 0 Å². The molecule has 3 aromatic rings. The molecule has 0 atom stereocenters. The Morgan fingerprint density at radius 3 is 1.21 bits per heavy atom. The van der Waals surface area contributed by atoms with Crippen LogP contribution in [0.2, 0.25) is 5.21 Å². The Balaban J connectivity index is 0.00000208. The molecule has 0 fully saturated rings. The fourth-order valence-electron chi connectivity index (χ4n) is 2.97. The Morgan fingerprint density at radius 2 is 0.958 bits per heavy atom. The van der Waals surface area contributed by atoms with E-state index < -0.39 is 19.5 Å². The first-order valence-electron chi connectivity index (χ1n) is 7.50. The van der Waals surface area contributed by atoms with Crippen LogP contribution < -0.4 is 25.5 Å². The topological polar surface area (TPSA) is 37.3 Å². The van der Waals surface area contributed by atoms with Gasteiger partial charge in [-0.15, -0.1) is 0 Å². The molecule has 0 aliphatic rings. The Morgan fingerprint density at radius 1 is 0.667 bits per heavy atom. The first-order chi connectivity index (χ1) is 11.2. The van der Waals surface area contributed by atoms with Gasteiger partial charge in [-0.3, -0.25) is 0 Å². The zero-order chi connectivity index (χ0) is 16.1. The molecule has 0 amide bonds. The molecule has 0 radical (unpaired) electrons. The first-order valence-corrected chi connectivity index (χ1v) is 11.6. The van der Waals surface area contributed by atoms with Crippen molar-refractivity contribution in [2.45, 2.75) is 5.21 Å². The van der Waals surface area contributed by atoms with Crippen molar-refractivity contribution in [2.24, 2.45) is 0 Å². The maximum atomic E-state index is 11.8. The Kier molecular flexibility index (Phi) is 6.25. The zero-order valence-corrected chi connectivity index (χ0v) is 15.7. The molecular formula is C20H18AsClO2. The average molecular weight is 401 g/mol. The normalized spacial score (nSPS) is 10.7. The maximum absolute atomic E-state index is 11.8. The molecule has 0 heterocycles. The summed E-state index contributed by atoms with van der Waals surface area (Å²) < 4.78 is 3.47. The molecule has 0 aromatic heterocycles. The van der Waals surface area contributed by atoms with Crippen LogP contribution in [0.3, 0.4) is 0 Å². The third kappa shape index (κ3) is 3.56. The van der Waals surface area contributed by atoms with Crippen LogP contribution >= 0.6 is 0 Å². The number of benzene rings is 3. The summed E-state index contributed by atoms with van der Waals surface area (Å²) in [4.78, 5) is 11.8. The molecule has 3 aromatic carbocycles. The Labute approximate surface area is 151 Å². The summed E-state index contributed by atoms with van der Waals surface area (Å²) in [5, 5.41) is 9.85. The Hall–Kier alpha value is -2.02. The molecule has 0 bridgehead atoms. The van der Waals surface area contributed by atoms with Gasteiger partial charge in [0.05, 0.1) is 0 Å². The summed E-state index contributed by atoms with van der Waals surface area (Å²) in [6.07, 6.45) is 0. The van der Waals surface area contributed by atoms with Gasteiger partial charge in [-0.1, -0.05) is 0 Å². The molecule has 0 unspecified atom stereocenters. The minimum atomic E-state index is -3.03. The molecular weight excluding hydrogens is 383 g/mol. The minimum absolute atomic E-state index is 0. The summed E-state index contributed by atoms with van der Waals surface area (Å²) >= 11 is -3.03. The number of rotatable bonds is 5. The molecule has 1 N–H and O–H groups in total. The summed E-state index contributed by atoms with van der Waals surface area (Å²) in [5.74, 6) is -0.742. The summed E-state index contributed by atoms with van der Waals surface area (Å²) in [6.45, 7) is 0. The number of hydrogen-bond acceptors (Lipinski definition) is 1. The van der Waals surface area contributed by atoms with Gasteiger partial charge in [0.25, 0.3) is 0 Å². The predicted octanol–water partition coefficient (Wildman–Crippen LogP) is -0.755. The molecule has 2 nitrogen and oxygen atoms in total. The van der Waals surface area contributed by atoms with Gasteiger partial charge in [-0.25, -0.2) is 0 Å². The van der Waals surface area contributed by atoms with Crippen LogP contribution in [0.25, 0.3) is 0 Å². The average Bonchev–Trinajstić information content (AvgIpc) is 2.62. The van der Waals surface area contributed by atoms with E-state index in [1.165, 1.54) is 0 Å². The van der Waals surface area contributed by atoms with Crippen molar-refractivity contribution < 1.29 is 22.3 Å². The number of carboxylic acids is 1. The van der Waals surface area contributed by atoms with Crippen LogP contribution in [0, 0.1) is 0 Å². The first kappa shape index (κ1) is 18.3. The van der Waals surface area contributed by atoms with Crippen LogP contribution in [-0.4, -0.2) is 24.6 Å². The number of carboxylic acid groups (broad SMARTS) is 1. The molecule has 0 aliphatic carbocycles. The van der Waals surface area contributed by atoms with E-state index in [9.17, 15) is 9.90 Å². The maximum Gasteiger partial charge on any atom is -1.00 e. The molecule has 122 valence electrons. The van der Waals surface area contributed by atoms with Gasteiger partial charge in [0.2, 0.25) is 0 Å². The molecule has 4 heteroatoms. The van der Waals surface area contributed by atoms with Crippen molar-refractivity contribution in [3.8, 4) is 0 Å². The van der Waals surface area contributed by atoms with Crippen LogP contribution in [0.4, 0.5) is 0 Å². The van der Waals surface area contributed by atoms with E-state index in [-0.39, 0.29) is 17.6 Å². The van der Waals surface area contributed by atoms with Crippen molar-refractivity contribution >= 4 is 32.6 Å². The fourth-order valence-corrected chi connectivity index (χ4v) is 11.1. The smallest absolute Gasteiger partial charge is 1.00 e. The molecule has 3 rings (SSSR count). The predicted molar refractivity (Wildman–Crippen MR) is 96.4 cm³/mol. The van der Waals surface area contributed by atoms with E-state index in [2.05, 4.69) is 36.4 Å². The van der Waals surface area contributed by atoms with Crippen LogP contribution in [0.15, 0.2) is 91.0 Å². The van der Waals surface area contributed by atoms with Gasteiger partial charge in [-0.2, -0.15) is 0 Å². The molecule has 0 saturated heterocycles.